The smallest absolute Gasteiger partial charge is 0.0254 e. The van der Waals surface area contributed by atoms with E-state index in [4.69, 9.17) is 0 Å². The monoisotopic (exact) mass is 650 g/mol. The Morgan fingerprint density at radius 1 is 0.391 bits per heavy atom. The summed E-state index contributed by atoms with van der Waals surface area (Å²) in [5.41, 5.74) is 9.24. The van der Waals surface area contributed by atoms with Crippen molar-refractivity contribution in [3.8, 4) is 11.1 Å². The van der Waals surface area contributed by atoms with Gasteiger partial charge in [-0.2, -0.15) is 0 Å². The SMILES string of the molecule is Brc1ccc2c3c(cccc13)C=C2.C1=Cc2ccc(-c3ccc4ccccc4c3)c3cccc1c23.Cc1ccc2ccccc2c1. The molecule has 1 heteroatoms. The Balaban J connectivity index is 0.000000111. The first-order chi connectivity index (χ1) is 22.6. The summed E-state index contributed by atoms with van der Waals surface area (Å²) in [6.07, 6.45) is 8.76. The molecule has 2 aliphatic carbocycles. The van der Waals surface area contributed by atoms with Crippen molar-refractivity contribution in [3.63, 3.8) is 0 Å². The van der Waals surface area contributed by atoms with Gasteiger partial charge in [0.2, 0.25) is 0 Å². The number of aryl methyl sites for hydroxylation is 1. The van der Waals surface area contributed by atoms with Gasteiger partial charge >= 0.3 is 0 Å². The zero-order valence-electron chi connectivity index (χ0n) is 25.5. The van der Waals surface area contributed by atoms with E-state index in [1.807, 2.05) is 0 Å². The molecule has 0 fully saturated rings. The third-order valence-electron chi connectivity index (χ3n) is 9.01. The summed E-state index contributed by atoms with van der Waals surface area (Å²) < 4.78 is 1.18. The molecule has 0 nitrogen and oxygen atoms in total. The zero-order chi connectivity index (χ0) is 31.0. The summed E-state index contributed by atoms with van der Waals surface area (Å²) in [6.45, 7) is 2.12. The molecular formula is C45H31Br. The van der Waals surface area contributed by atoms with E-state index in [1.54, 1.807) is 0 Å². The second-order valence-corrected chi connectivity index (χ2v) is 12.8. The third-order valence-corrected chi connectivity index (χ3v) is 9.70. The Labute approximate surface area is 278 Å². The van der Waals surface area contributed by atoms with Crippen LogP contribution in [-0.2, 0) is 0 Å². The van der Waals surface area contributed by atoms with Crippen LogP contribution < -0.4 is 0 Å². The fourth-order valence-corrected chi connectivity index (χ4v) is 7.19. The Morgan fingerprint density at radius 3 is 1.59 bits per heavy atom. The van der Waals surface area contributed by atoms with Gasteiger partial charge in [-0.3, -0.25) is 0 Å². The molecule has 0 amide bonds. The molecule has 0 aromatic heterocycles. The highest BCUT2D eigenvalue weighted by molar-refractivity contribution is 9.10. The molecule has 0 spiro atoms. The zero-order valence-corrected chi connectivity index (χ0v) is 27.1. The minimum absolute atomic E-state index is 1.18. The molecule has 0 N–H and O–H groups in total. The molecule has 10 rings (SSSR count). The van der Waals surface area contributed by atoms with Crippen LogP contribution >= 0.6 is 15.9 Å². The van der Waals surface area contributed by atoms with Gasteiger partial charge < -0.3 is 0 Å². The van der Waals surface area contributed by atoms with E-state index >= 15 is 0 Å². The summed E-state index contributed by atoms with van der Waals surface area (Å²) in [4.78, 5) is 0. The molecular weight excluding hydrogens is 620 g/mol. The standard InChI is InChI=1S/C22H14.C12H7Br.C11H10/c1-2-5-18-14-19(11-8-15(18)4-1)20-13-12-17-10-9-16-6-3-7-21(20)22(16)17;13-11-7-6-9-5-4-8-2-1-3-10(11)12(8)9;1-9-6-7-10-4-2-3-5-11(10)8-9/h1-14H;1-7H;2-8H,1H3. The molecule has 0 saturated heterocycles. The quantitative estimate of drug-likeness (QED) is 0.166. The maximum Gasteiger partial charge on any atom is 0.0254 e. The van der Waals surface area contributed by atoms with Crippen LogP contribution in [0.1, 0.15) is 27.8 Å². The maximum absolute atomic E-state index is 3.57. The van der Waals surface area contributed by atoms with Crippen LogP contribution in [0.2, 0.25) is 0 Å². The number of halogens is 1. The van der Waals surface area contributed by atoms with Crippen LogP contribution in [0.15, 0.2) is 150 Å². The normalized spacial score (nSPS) is 12.0. The summed E-state index contributed by atoms with van der Waals surface area (Å²) in [7, 11) is 0. The van der Waals surface area contributed by atoms with Crippen molar-refractivity contribution >= 4 is 83.3 Å². The van der Waals surface area contributed by atoms with Gasteiger partial charge in [-0.15, -0.1) is 0 Å². The average Bonchev–Trinajstić information content (AvgIpc) is 3.73. The lowest BCUT2D eigenvalue weighted by Crippen LogP contribution is -1.85. The predicted octanol–water partition coefficient (Wildman–Crippen LogP) is 13.4. The molecule has 0 saturated carbocycles. The summed E-state index contributed by atoms with van der Waals surface area (Å²) in [5, 5.41) is 10.6. The summed E-state index contributed by atoms with van der Waals surface area (Å²) in [6, 6.07) is 51.9. The molecule has 8 aromatic rings. The minimum atomic E-state index is 1.18. The number of fused-ring (bicyclic) bond motifs is 2. The van der Waals surface area contributed by atoms with Gasteiger partial charge in [0.1, 0.15) is 0 Å². The van der Waals surface area contributed by atoms with Gasteiger partial charge in [-0.25, -0.2) is 0 Å². The molecule has 0 heterocycles. The molecule has 0 unspecified atom stereocenters. The van der Waals surface area contributed by atoms with Gasteiger partial charge in [0, 0.05) is 4.47 Å². The highest BCUT2D eigenvalue weighted by Gasteiger charge is 2.13. The van der Waals surface area contributed by atoms with Gasteiger partial charge in [0.25, 0.3) is 0 Å². The Morgan fingerprint density at radius 2 is 0.913 bits per heavy atom. The van der Waals surface area contributed by atoms with E-state index < -0.39 is 0 Å². The molecule has 0 aliphatic heterocycles. The molecule has 0 atom stereocenters. The van der Waals surface area contributed by atoms with Crippen molar-refractivity contribution < 1.29 is 0 Å². The van der Waals surface area contributed by atoms with Crippen molar-refractivity contribution in [2.24, 2.45) is 0 Å². The van der Waals surface area contributed by atoms with E-state index in [-0.39, 0.29) is 0 Å². The first kappa shape index (κ1) is 28.2. The van der Waals surface area contributed by atoms with Crippen LogP contribution in [0.4, 0.5) is 0 Å². The lowest BCUT2D eigenvalue weighted by atomic mass is 9.94. The predicted molar refractivity (Wildman–Crippen MR) is 205 cm³/mol. The highest BCUT2D eigenvalue weighted by atomic mass is 79.9. The highest BCUT2D eigenvalue weighted by Crippen LogP contribution is 2.38. The van der Waals surface area contributed by atoms with Gasteiger partial charge in [0.05, 0.1) is 0 Å². The second-order valence-electron chi connectivity index (χ2n) is 12.0. The van der Waals surface area contributed by atoms with Crippen LogP contribution in [-0.4, -0.2) is 0 Å². The van der Waals surface area contributed by atoms with E-state index in [9.17, 15) is 0 Å². The Kier molecular flexibility index (Phi) is 7.33. The summed E-state index contributed by atoms with van der Waals surface area (Å²) in [5.74, 6) is 0. The second kappa shape index (κ2) is 11.9. The van der Waals surface area contributed by atoms with E-state index in [1.165, 1.54) is 86.5 Å². The largest absolute Gasteiger partial charge is 0.0616 e. The first-order valence-corrected chi connectivity index (χ1v) is 16.5. The lowest BCUT2D eigenvalue weighted by Gasteiger charge is -2.10. The Hall–Kier alpha value is -5.24. The van der Waals surface area contributed by atoms with E-state index in [2.05, 4.69) is 193 Å². The topological polar surface area (TPSA) is 0 Å². The van der Waals surface area contributed by atoms with Crippen molar-refractivity contribution in [3.05, 3.63) is 178 Å². The van der Waals surface area contributed by atoms with Crippen molar-refractivity contribution in [1.82, 2.24) is 0 Å². The van der Waals surface area contributed by atoms with Crippen LogP contribution in [0.25, 0.3) is 78.5 Å². The van der Waals surface area contributed by atoms with Gasteiger partial charge in [0.15, 0.2) is 0 Å². The van der Waals surface area contributed by atoms with E-state index in [0.29, 0.717) is 0 Å². The van der Waals surface area contributed by atoms with Crippen LogP contribution in [0.5, 0.6) is 0 Å². The molecule has 0 bridgehead atoms. The molecule has 218 valence electrons. The maximum atomic E-state index is 3.57. The van der Waals surface area contributed by atoms with E-state index in [0.717, 1.165) is 0 Å². The average molecular weight is 652 g/mol. The fourth-order valence-electron chi connectivity index (χ4n) is 6.72. The van der Waals surface area contributed by atoms with Gasteiger partial charge in [-0.1, -0.05) is 179 Å². The minimum Gasteiger partial charge on any atom is -0.0616 e. The van der Waals surface area contributed by atoms with Crippen molar-refractivity contribution in [2.75, 3.05) is 0 Å². The van der Waals surface area contributed by atoms with Gasteiger partial charge in [-0.05, 0) is 95.5 Å². The van der Waals surface area contributed by atoms with Crippen LogP contribution in [0.3, 0.4) is 0 Å². The molecule has 2 aliphatic rings. The van der Waals surface area contributed by atoms with Crippen molar-refractivity contribution in [1.29, 1.82) is 0 Å². The third kappa shape index (κ3) is 5.23. The number of hydrogen-bond acceptors (Lipinski definition) is 0. The van der Waals surface area contributed by atoms with Crippen molar-refractivity contribution in [2.45, 2.75) is 6.92 Å². The number of benzene rings is 8. The first-order valence-electron chi connectivity index (χ1n) is 15.7. The molecule has 0 radical (unpaired) electrons. The Bertz CT molecular complexity index is 2470. The van der Waals surface area contributed by atoms with Crippen LogP contribution in [0, 0.1) is 6.92 Å². The lowest BCUT2D eigenvalue weighted by molar-refractivity contribution is 1.51. The number of hydrogen-bond donors (Lipinski definition) is 0. The number of rotatable bonds is 1. The molecule has 8 aromatic carbocycles. The molecule has 46 heavy (non-hydrogen) atoms. The summed E-state index contributed by atoms with van der Waals surface area (Å²) >= 11 is 3.57. The fraction of sp³-hybridized carbons (Fsp3) is 0.0222.